The number of hydrogen-bond acceptors (Lipinski definition) is 1. The molecule has 1 amide bonds. The van der Waals surface area contributed by atoms with Crippen molar-refractivity contribution in [2.45, 2.75) is 19.4 Å². The smallest absolute Gasteiger partial charge is 0.254 e. The fraction of sp³-hybridized carbons (Fsp3) is 0.300. The van der Waals surface area contributed by atoms with E-state index in [1.165, 1.54) is 6.07 Å². The summed E-state index contributed by atoms with van der Waals surface area (Å²) in [7, 11) is 0. The molecule has 68 valence electrons. The summed E-state index contributed by atoms with van der Waals surface area (Å²) in [5.74, 6) is -0.728. The zero-order valence-corrected chi connectivity index (χ0v) is 7.30. The second-order valence-corrected chi connectivity index (χ2v) is 3.35. The summed E-state index contributed by atoms with van der Waals surface area (Å²) in [6.07, 6.45) is 0.707. The van der Waals surface area contributed by atoms with Crippen LogP contribution in [0.1, 0.15) is 22.8 Å². The molecule has 1 aliphatic heterocycles. The highest BCUT2D eigenvalue weighted by Gasteiger charge is 2.23. The number of nitrogens with one attached hydrogen (secondary N) is 1. The molecule has 1 atom stereocenters. The van der Waals surface area contributed by atoms with E-state index in [9.17, 15) is 9.18 Å². The van der Waals surface area contributed by atoms with E-state index in [2.05, 4.69) is 5.32 Å². The monoisotopic (exact) mass is 179 g/mol. The molecule has 0 fully saturated rings. The van der Waals surface area contributed by atoms with Crippen molar-refractivity contribution in [1.82, 2.24) is 5.32 Å². The summed E-state index contributed by atoms with van der Waals surface area (Å²) in [6.45, 7) is 1.91. The molecule has 2 nitrogen and oxygen atoms in total. The van der Waals surface area contributed by atoms with Crippen LogP contribution in [0.25, 0.3) is 0 Å². The van der Waals surface area contributed by atoms with Gasteiger partial charge < -0.3 is 5.32 Å². The molecular weight excluding hydrogens is 169 g/mol. The van der Waals surface area contributed by atoms with Crippen molar-refractivity contribution in [2.75, 3.05) is 0 Å². The number of carbonyl (C=O) groups is 1. The van der Waals surface area contributed by atoms with Gasteiger partial charge in [-0.05, 0) is 25.0 Å². The molecule has 0 aromatic heterocycles. The van der Waals surface area contributed by atoms with E-state index in [0.29, 0.717) is 6.42 Å². The SMILES string of the molecule is CC1Cc2cccc(F)c2C(=O)N1. The molecule has 0 aliphatic carbocycles. The number of benzene rings is 1. The molecule has 0 saturated heterocycles. The summed E-state index contributed by atoms with van der Waals surface area (Å²) in [4.78, 5) is 11.4. The van der Waals surface area contributed by atoms with E-state index in [-0.39, 0.29) is 17.5 Å². The summed E-state index contributed by atoms with van der Waals surface area (Å²) < 4.78 is 13.2. The highest BCUT2D eigenvalue weighted by Crippen LogP contribution is 2.19. The fourth-order valence-electron chi connectivity index (χ4n) is 1.67. The molecule has 3 heteroatoms. The van der Waals surface area contributed by atoms with Crippen LogP contribution in [-0.4, -0.2) is 11.9 Å². The van der Waals surface area contributed by atoms with Crippen molar-refractivity contribution in [1.29, 1.82) is 0 Å². The highest BCUT2D eigenvalue weighted by molar-refractivity contribution is 5.97. The second kappa shape index (κ2) is 2.83. The first-order valence-corrected chi connectivity index (χ1v) is 4.26. The van der Waals surface area contributed by atoms with Crippen LogP contribution in [0.2, 0.25) is 0 Å². The molecule has 1 aliphatic rings. The molecule has 0 bridgehead atoms. The Hall–Kier alpha value is -1.38. The van der Waals surface area contributed by atoms with E-state index < -0.39 is 5.82 Å². The van der Waals surface area contributed by atoms with E-state index in [4.69, 9.17) is 0 Å². The Morgan fingerprint density at radius 3 is 3.08 bits per heavy atom. The van der Waals surface area contributed by atoms with Crippen LogP contribution in [0.3, 0.4) is 0 Å². The van der Waals surface area contributed by atoms with Crippen LogP contribution in [-0.2, 0) is 6.42 Å². The lowest BCUT2D eigenvalue weighted by Crippen LogP contribution is -2.39. The molecule has 13 heavy (non-hydrogen) atoms. The molecular formula is C10H10FNO. The Balaban J connectivity index is 2.55. The van der Waals surface area contributed by atoms with Crippen molar-refractivity contribution in [3.05, 3.63) is 35.1 Å². The van der Waals surface area contributed by atoms with Crippen LogP contribution < -0.4 is 5.32 Å². The van der Waals surface area contributed by atoms with E-state index >= 15 is 0 Å². The minimum atomic E-state index is -0.429. The molecule has 0 saturated carbocycles. The predicted octanol–water partition coefficient (Wildman–Crippen LogP) is 1.50. The molecule has 1 aromatic rings. The molecule has 2 rings (SSSR count). The molecule has 1 N–H and O–H groups in total. The van der Waals surface area contributed by atoms with Gasteiger partial charge in [0, 0.05) is 6.04 Å². The molecule has 1 heterocycles. The van der Waals surface area contributed by atoms with E-state index in [1.54, 1.807) is 12.1 Å². The minimum absolute atomic E-state index is 0.0989. The standard InChI is InChI=1S/C10H10FNO/c1-6-5-7-3-2-4-8(11)9(7)10(13)12-6/h2-4,6H,5H2,1H3,(H,12,13). The van der Waals surface area contributed by atoms with Crippen molar-refractivity contribution in [3.8, 4) is 0 Å². The number of rotatable bonds is 0. The summed E-state index contributed by atoms with van der Waals surface area (Å²) in [5.41, 5.74) is 1.01. The first-order valence-electron chi connectivity index (χ1n) is 4.26. The Morgan fingerprint density at radius 2 is 2.31 bits per heavy atom. The summed E-state index contributed by atoms with van der Waals surface area (Å²) >= 11 is 0. The lowest BCUT2D eigenvalue weighted by Gasteiger charge is -2.22. The minimum Gasteiger partial charge on any atom is -0.349 e. The molecule has 1 aromatic carbocycles. The van der Waals surface area contributed by atoms with Gasteiger partial charge in [-0.1, -0.05) is 12.1 Å². The molecule has 1 unspecified atom stereocenters. The molecule has 0 spiro atoms. The van der Waals surface area contributed by atoms with Crippen LogP contribution in [0.15, 0.2) is 18.2 Å². The average Bonchev–Trinajstić information content (AvgIpc) is 2.02. The largest absolute Gasteiger partial charge is 0.349 e. The van der Waals surface area contributed by atoms with Crippen LogP contribution in [0.4, 0.5) is 4.39 Å². The maximum absolute atomic E-state index is 13.2. The maximum atomic E-state index is 13.2. The Labute approximate surface area is 75.8 Å². The number of carbonyl (C=O) groups excluding carboxylic acids is 1. The number of halogens is 1. The quantitative estimate of drug-likeness (QED) is 0.642. The van der Waals surface area contributed by atoms with Gasteiger partial charge in [0.15, 0.2) is 0 Å². The van der Waals surface area contributed by atoms with Crippen LogP contribution in [0, 0.1) is 5.82 Å². The third-order valence-corrected chi connectivity index (χ3v) is 2.23. The Kier molecular flexibility index (Phi) is 1.79. The van der Waals surface area contributed by atoms with Gasteiger partial charge in [0.05, 0.1) is 5.56 Å². The fourth-order valence-corrected chi connectivity index (χ4v) is 1.67. The number of hydrogen-bond donors (Lipinski definition) is 1. The first-order chi connectivity index (χ1) is 6.18. The van der Waals surface area contributed by atoms with Gasteiger partial charge in [0.2, 0.25) is 0 Å². The van der Waals surface area contributed by atoms with Crippen molar-refractivity contribution < 1.29 is 9.18 Å². The van der Waals surface area contributed by atoms with Crippen molar-refractivity contribution in [3.63, 3.8) is 0 Å². The van der Waals surface area contributed by atoms with Gasteiger partial charge in [0.25, 0.3) is 5.91 Å². The van der Waals surface area contributed by atoms with Gasteiger partial charge in [-0.15, -0.1) is 0 Å². The lowest BCUT2D eigenvalue weighted by atomic mass is 9.96. The van der Waals surface area contributed by atoms with Gasteiger partial charge in [-0.3, -0.25) is 4.79 Å². The zero-order chi connectivity index (χ0) is 9.42. The second-order valence-electron chi connectivity index (χ2n) is 3.35. The normalized spacial score (nSPS) is 20.8. The number of amides is 1. The van der Waals surface area contributed by atoms with Gasteiger partial charge >= 0.3 is 0 Å². The van der Waals surface area contributed by atoms with Crippen molar-refractivity contribution >= 4 is 5.91 Å². The van der Waals surface area contributed by atoms with Gasteiger partial charge in [-0.25, -0.2) is 4.39 Å². The third-order valence-electron chi connectivity index (χ3n) is 2.23. The van der Waals surface area contributed by atoms with Crippen LogP contribution in [0.5, 0.6) is 0 Å². The summed E-state index contributed by atoms with van der Waals surface area (Å²) in [6, 6.07) is 4.85. The van der Waals surface area contributed by atoms with E-state index in [1.807, 2.05) is 6.92 Å². The Morgan fingerprint density at radius 1 is 1.54 bits per heavy atom. The average molecular weight is 179 g/mol. The lowest BCUT2D eigenvalue weighted by molar-refractivity contribution is 0.0924. The third kappa shape index (κ3) is 1.30. The van der Waals surface area contributed by atoms with Gasteiger partial charge in [0.1, 0.15) is 5.82 Å². The van der Waals surface area contributed by atoms with Crippen molar-refractivity contribution in [2.24, 2.45) is 0 Å². The molecule has 0 radical (unpaired) electrons. The predicted molar refractivity (Wildman–Crippen MR) is 47.0 cm³/mol. The van der Waals surface area contributed by atoms with E-state index in [0.717, 1.165) is 5.56 Å². The number of fused-ring (bicyclic) bond motifs is 1. The Bertz CT molecular complexity index is 362. The highest BCUT2D eigenvalue weighted by atomic mass is 19.1. The summed E-state index contributed by atoms with van der Waals surface area (Å²) in [5, 5.41) is 2.70. The van der Waals surface area contributed by atoms with Crippen LogP contribution >= 0.6 is 0 Å². The first kappa shape index (κ1) is 8.23. The zero-order valence-electron chi connectivity index (χ0n) is 7.30. The van der Waals surface area contributed by atoms with Gasteiger partial charge in [-0.2, -0.15) is 0 Å². The maximum Gasteiger partial charge on any atom is 0.254 e. The topological polar surface area (TPSA) is 29.1 Å².